The van der Waals surface area contributed by atoms with Gasteiger partial charge in [0.15, 0.2) is 0 Å². The van der Waals surface area contributed by atoms with Gasteiger partial charge in [-0.15, -0.1) is 6.61 Å². The first-order valence-corrected chi connectivity index (χ1v) is 16.0. The van der Waals surface area contributed by atoms with E-state index in [1.54, 1.807) is 44.2 Å². The maximum atomic E-state index is 12.9. The van der Waals surface area contributed by atoms with E-state index in [1.807, 2.05) is 36.0 Å². The van der Waals surface area contributed by atoms with Gasteiger partial charge in [0.25, 0.3) is 15.9 Å². The lowest BCUT2D eigenvalue weighted by atomic mass is 10.0. The van der Waals surface area contributed by atoms with E-state index in [4.69, 9.17) is 14.6 Å². The Morgan fingerprint density at radius 3 is 2.41 bits per heavy atom. The van der Waals surface area contributed by atoms with Crippen LogP contribution in [0.15, 0.2) is 71.8 Å². The SMILES string of the molecule is CC[O-].COc1cc(C(=O)NS(=O)(=O)c2ccccc2C)ccc1Cc1cn(C)c2ccc(NC(=O)OC3CCCC3)cc12. The van der Waals surface area contributed by atoms with Crippen LogP contribution in [-0.4, -0.2) is 44.8 Å². The Bertz CT molecular complexity index is 1740. The van der Waals surface area contributed by atoms with Crippen molar-refractivity contribution in [1.82, 2.24) is 9.29 Å². The molecule has 2 amide bonds. The number of aromatic nitrogens is 1. The van der Waals surface area contributed by atoms with Gasteiger partial charge in [-0.3, -0.25) is 10.1 Å². The number of aryl methyl sites for hydroxylation is 2. The normalized spacial score (nSPS) is 13.2. The first kappa shape index (κ1) is 32.6. The van der Waals surface area contributed by atoms with Crippen LogP contribution in [0.1, 0.15) is 59.7 Å². The van der Waals surface area contributed by atoms with Crippen molar-refractivity contribution < 1.29 is 32.6 Å². The molecular formula is C33H38N3O7S-. The number of nitrogens with zero attached hydrogens (tertiary/aromatic N) is 1. The number of ether oxygens (including phenoxy) is 2. The molecule has 44 heavy (non-hydrogen) atoms. The van der Waals surface area contributed by atoms with Crippen molar-refractivity contribution in [3.05, 3.63) is 89.1 Å². The second-order valence-electron chi connectivity index (χ2n) is 10.6. The van der Waals surface area contributed by atoms with Crippen molar-refractivity contribution in [2.75, 3.05) is 19.0 Å². The average Bonchev–Trinajstić information content (AvgIpc) is 3.60. The molecular weight excluding hydrogens is 582 g/mol. The number of carbonyl (C=O) groups is 2. The average molecular weight is 621 g/mol. The second kappa shape index (κ2) is 14.4. The maximum absolute atomic E-state index is 12.9. The van der Waals surface area contributed by atoms with E-state index in [9.17, 15) is 18.0 Å². The van der Waals surface area contributed by atoms with Crippen LogP contribution in [0.25, 0.3) is 10.9 Å². The minimum atomic E-state index is -4.04. The summed E-state index contributed by atoms with van der Waals surface area (Å²) < 4.78 is 40.9. The van der Waals surface area contributed by atoms with Crippen LogP contribution in [0.2, 0.25) is 0 Å². The number of methoxy groups -OCH3 is 1. The number of anilines is 1. The fraction of sp³-hybridized carbons (Fsp3) is 0.333. The zero-order chi connectivity index (χ0) is 31.9. The molecule has 0 saturated heterocycles. The number of sulfonamides is 1. The summed E-state index contributed by atoms with van der Waals surface area (Å²) in [4.78, 5) is 25.4. The van der Waals surface area contributed by atoms with Crippen molar-refractivity contribution >= 4 is 38.6 Å². The molecule has 1 aliphatic rings. The number of hydrogen-bond acceptors (Lipinski definition) is 7. The highest BCUT2D eigenvalue weighted by Crippen LogP contribution is 2.30. The molecule has 4 aromatic rings. The molecule has 1 saturated carbocycles. The van der Waals surface area contributed by atoms with Gasteiger partial charge in [0, 0.05) is 41.8 Å². The minimum Gasteiger partial charge on any atom is -0.855 e. The van der Waals surface area contributed by atoms with Gasteiger partial charge in [0.2, 0.25) is 0 Å². The molecule has 0 aliphatic heterocycles. The van der Waals surface area contributed by atoms with E-state index in [-0.39, 0.29) is 23.2 Å². The van der Waals surface area contributed by atoms with Gasteiger partial charge in [0.05, 0.1) is 12.0 Å². The molecule has 0 bridgehead atoms. The van der Waals surface area contributed by atoms with E-state index < -0.39 is 22.0 Å². The van der Waals surface area contributed by atoms with Crippen LogP contribution >= 0.6 is 0 Å². The Hall–Kier alpha value is -4.35. The van der Waals surface area contributed by atoms with Crippen LogP contribution in [0, 0.1) is 6.92 Å². The molecule has 234 valence electrons. The number of amides is 2. The molecule has 10 nitrogen and oxygen atoms in total. The predicted molar refractivity (Wildman–Crippen MR) is 167 cm³/mol. The highest BCUT2D eigenvalue weighted by molar-refractivity contribution is 7.90. The summed E-state index contributed by atoms with van der Waals surface area (Å²) >= 11 is 0. The lowest BCUT2D eigenvalue weighted by Gasteiger charge is -2.13. The fourth-order valence-electron chi connectivity index (χ4n) is 5.33. The largest absolute Gasteiger partial charge is 0.855 e. The number of rotatable bonds is 8. The van der Waals surface area contributed by atoms with Crippen molar-refractivity contribution in [1.29, 1.82) is 0 Å². The Labute approximate surface area is 258 Å². The number of fused-ring (bicyclic) bond motifs is 1. The number of benzene rings is 3. The molecule has 11 heteroatoms. The molecule has 1 aromatic heterocycles. The monoisotopic (exact) mass is 620 g/mol. The van der Waals surface area contributed by atoms with Crippen LogP contribution in [0.3, 0.4) is 0 Å². The van der Waals surface area contributed by atoms with Crippen molar-refractivity contribution in [2.24, 2.45) is 7.05 Å². The summed E-state index contributed by atoms with van der Waals surface area (Å²) in [5, 5.41) is 12.7. The molecule has 0 atom stereocenters. The van der Waals surface area contributed by atoms with Gasteiger partial charge in [-0.1, -0.05) is 31.2 Å². The molecule has 3 aromatic carbocycles. The summed E-state index contributed by atoms with van der Waals surface area (Å²) in [6, 6.07) is 17.1. The zero-order valence-corrected chi connectivity index (χ0v) is 26.2. The van der Waals surface area contributed by atoms with Gasteiger partial charge < -0.3 is 19.1 Å². The van der Waals surface area contributed by atoms with E-state index in [1.165, 1.54) is 19.2 Å². The number of nitrogens with one attached hydrogen (secondary N) is 2. The highest BCUT2D eigenvalue weighted by Gasteiger charge is 2.22. The quantitative estimate of drug-likeness (QED) is 0.281. The smallest absolute Gasteiger partial charge is 0.411 e. The third kappa shape index (κ3) is 7.78. The van der Waals surface area contributed by atoms with Gasteiger partial charge in [-0.2, -0.15) is 0 Å². The Morgan fingerprint density at radius 2 is 1.73 bits per heavy atom. The van der Waals surface area contributed by atoms with E-state index in [0.717, 1.165) is 47.7 Å². The molecule has 1 aliphatic carbocycles. The number of carbonyl (C=O) groups excluding carboxylic acids is 2. The van der Waals surface area contributed by atoms with E-state index in [0.29, 0.717) is 23.4 Å². The fourth-order valence-corrected chi connectivity index (χ4v) is 6.55. The topological polar surface area (TPSA) is 139 Å². The molecule has 0 unspecified atom stereocenters. The summed E-state index contributed by atoms with van der Waals surface area (Å²) in [6.07, 6.45) is 6.00. The van der Waals surface area contributed by atoms with Crippen LogP contribution in [-0.2, 0) is 28.2 Å². The summed E-state index contributed by atoms with van der Waals surface area (Å²) in [5.74, 6) is -0.291. The Kier molecular flexibility index (Phi) is 10.7. The minimum absolute atomic E-state index is 0. The molecule has 0 radical (unpaired) electrons. The second-order valence-corrected chi connectivity index (χ2v) is 12.3. The molecule has 2 N–H and O–H groups in total. The van der Waals surface area contributed by atoms with Crippen molar-refractivity contribution in [3.8, 4) is 5.75 Å². The van der Waals surface area contributed by atoms with E-state index >= 15 is 0 Å². The van der Waals surface area contributed by atoms with Gasteiger partial charge in [0.1, 0.15) is 11.9 Å². The summed E-state index contributed by atoms with van der Waals surface area (Å²) in [6.45, 7) is 3.24. The molecule has 0 spiro atoms. The Balaban J connectivity index is 0.00000141. The van der Waals surface area contributed by atoms with Gasteiger partial charge in [-0.25, -0.2) is 17.9 Å². The highest BCUT2D eigenvalue weighted by atomic mass is 32.2. The standard InChI is InChI=1S/C31H33N3O6S.C2H5O/c1-20-8-4-7-11-29(20)41(37,38)33-30(35)22-13-12-21(28(17-22)39-3)16-23-19-34(2)27-15-14-24(18-26(23)27)32-31(36)40-25-9-5-6-10-25;1-2-3/h4,7-8,11-15,17-19,25H,5-6,9-10,16H2,1-3H3,(H,32,36)(H,33,35);2H2,1H3/q;-1. The third-order valence-electron chi connectivity index (χ3n) is 7.43. The van der Waals surface area contributed by atoms with Crippen molar-refractivity contribution in [3.63, 3.8) is 0 Å². The Morgan fingerprint density at radius 1 is 1.02 bits per heavy atom. The first-order valence-electron chi connectivity index (χ1n) is 14.5. The summed E-state index contributed by atoms with van der Waals surface area (Å²) in [7, 11) is -0.583. The predicted octanol–water partition coefficient (Wildman–Crippen LogP) is 5.06. The van der Waals surface area contributed by atoms with Crippen LogP contribution in [0.4, 0.5) is 10.5 Å². The van der Waals surface area contributed by atoms with Crippen LogP contribution < -0.4 is 19.9 Å². The zero-order valence-electron chi connectivity index (χ0n) is 25.4. The van der Waals surface area contributed by atoms with Crippen LogP contribution in [0.5, 0.6) is 5.75 Å². The summed E-state index contributed by atoms with van der Waals surface area (Å²) in [5.41, 5.74) is 4.14. The molecule has 5 rings (SSSR count). The third-order valence-corrected chi connectivity index (χ3v) is 8.93. The maximum Gasteiger partial charge on any atom is 0.411 e. The lowest BCUT2D eigenvalue weighted by Crippen LogP contribution is -2.31. The van der Waals surface area contributed by atoms with Crippen molar-refractivity contribution in [2.45, 2.75) is 57.0 Å². The van der Waals surface area contributed by atoms with E-state index in [2.05, 4.69) is 10.0 Å². The molecule has 1 fully saturated rings. The van der Waals surface area contributed by atoms with Gasteiger partial charge >= 0.3 is 6.09 Å². The van der Waals surface area contributed by atoms with Gasteiger partial charge in [-0.05, 0) is 85.7 Å². The number of hydrogen-bond donors (Lipinski definition) is 2. The lowest BCUT2D eigenvalue weighted by molar-refractivity contribution is -0.361. The molecule has 1 heterocycles. The first-order chi connectivity index (χ1) is 21.1.